The van der Waals surface area contributed by atoms with Crippen LogP contribution in [0.1, 0.15) is 11.1 Å². The molecule has 0 amide bonds. The Bertz CT molecular complexity index is 818. The number of benzene rings is 3. The molecule has 0 N–H and O–H groups in total. The van der Waals surface area contributed by atoms with Crippen molar-refractivity contribution in [2.45, 2.75) is 0 Å². The molecule has 0 bridgehead atoms. The van der Waals surface area contributed by atoms with Crippen LogP contribution in [0.4, 0.5) is 0 Å². The number of rotatable bonds is 3. The fourth-order valence-electron chi connectivity index (χ4n) is 2.37. The van der Waals surface area contributed by atoms with E-state index in [4.69, 9.17) is 0 Å². The van der Waals surface area contributed by atoms with Gasteiger partial charge < -0.3 is 0 Å². The minimum atomic E-state index is -0.336. The van der Waals surface area contributed by atoms with Gasteiger partial charge in [-0.25, -0.2) is 0 Å². The van der Waals surface area contributed by atoms with E-state index in [0.717, 1.165) is 16.3 Å². The van der Waals surface area contributed by atoms with Gasteiger partial charge in [0, 0.05) is 6.08 Å². The van der Waals surface area contributed by atoms with Gasteiger partial charge in [-0.15, -0.1) is 0 Å². The number of nitro groups is 1. The van der Waals surface area contributed by atoms with Crippen LogP contribution in [0.2, 0.25) is 0 Å². The average molecular weight is 275 g/mol. The molecule has 0 aliphatic rings. The molecule has 0 aliphatic carbocycles. The number of fused-ring (bicyclic) bond motifs is 1. The first kappa shape index (κ1) is 13.1. The van der Waals surface area contributed by atoms with Crippen molar-refractivity contribution < 1.29 is 4.92 Å². The van der Waals surface area contributed by atoms with E-state index in [1.807, 2.05) is 48.5 Å². The zero-order chi connectivity index (χ0) is 14.7. The predicted molar refractivity (Wildman–Crippen MR) is 85.3 cm³/mol. The van der Waals surface area contributed by atoms with Crippen molar-refractivity contribution in [2.75, 3.05) is 0 Å². The van der Waals surface area contributed by atoms with E-state index in [-0.39, 0.29) is 10.6 Å². The fraction of sp³-hybridized carbons (Fsp3) is 0. The average Bonchev–Trinajstić information content (AvgIpc) is 2.53. The Morgan fingerprint density at radius 3 is 2.29 bits per heavy atom. The van der Waals surface area contributed by atoms with Crippen LogP contribution in [0.25, 0.3) is 22.5 Å². The summed E-state index contributed by atoms with van der Waals surface area (Å²) in [7, 11) is 0. The molecule has 3 heteroatoms. The normalized spacial score (nSPS) is 11.5. The molecule has 3 aromatic rings. The van der Waals surface area contributed by atoms with E-state index in [1.165, 1.54) is 0 Å². The minimum Gasteiger partial charge on any atom is -0.258 e. The molecule has 0 aromatic heterocycles. The van der Waals surface area contributed by atoms with Gasteiger partial charge in [-0.2, -0.15) is 0 Å². The molecule has 0 saturated carbocycles. The Hall–Kier alpha value is -2.94. The van der Waals surface area contributed by atoms with Crippen LogP contribution in [0.5, 0.6) is 0 Å². The van der Waals surface area contributed by atoms with Crippen LogP contribution in [-0.2, 0) is 0 Å². The van der Waals surface area contributed by atoms with Crippen molar-refractivity contribution in [1.29, 1.82) is 0 Å². The quantitative estimate of drug-likeness (QED) is 0.398. The Kier molecular flexibility index (Phi) is 3.48. The highest BCUT2D eigenvalue weighted by Gasteiger charge is 2.14. The van der Waals surface area contributed by atoms with Crippen molar-refractivity contribution in [3.05, 3.63) is 94.0 Å². The fourth-order valence-corrected chi connectivity index (χ4v) is 2.37. The second-order valence-electron chi connectivity index (χ2n) is 4.72. The summed E-state index contributed by atoms with van der Waals surface area (Å²) in [6, 6.07) is 22.6. The van der Waals surface area contributed by atoms with Gasteiger partial charge in [0.25, 0.3) is 5.70 Å². The Morgan fingerprint density at radius 2 is 1.52 bits per heavy atom. The highest BCUT2D eigenvalue weighted by Crippen LogP contribution is 2.24. The molecule has 0 atom stereocenters. The van der Waals surface area contributed by atoms with E-state index in [9.17, 15) is 10.1 Å². The second-order valence-corrected chi connectivity index (χ2v) is 4.72. The lowest BCUT2D eigenvalue weighted by Gasteiger charge is -2.03. The number of hydrogen-bond acceptors (Lipinski definition) is 2. The summed E-state index contributed by atoms with van der Waals surface area (Å²) in [5.41, 5.74) is 1.56. The molecule has 3 rings (SSSR count). The van der Waals surface area contributed by atoms with Crippen LogP contribution in [0.15, 0.2) is 72.8 Å². The molecule has 0 aliphatic heterocycles. The van der Waals surface area contributed by atoms with Gasteiger partial charge in [0.15, 0.2) is 0 Å². The summed E-state index contributed by atoms with van der Waals surface area (Å²) in [4.78, 5) is 11.0. The zero-order valence-corrected chi connectivity index (χ0v) is 11.3. The largest absolute Gasteiger partial charge is 0.277 e. The Balaban J connectivity index is 2.19. The molecule has 0 radical (unpaired) electrons. The van der Waals surface area contributed by atoms with Crippen LogP contribution in [0, 0.1) is 10.1 Å². The van der Waals surface area contributed by atoms with Crippen molar-refractivity contribution in [3.63, 3.8) is 0 Å². The summed E-state index contributed by atoms with van der Waals surface area (Å²) in [6.07, 6.45) is 1.64. The maximum absolute atomic E-state index is 11.4. The lowest BCUT2D eigenvalue weighted by atomic mass is 10.0. The van der Waals surface area contributed by atoms with Crippen molar-refractivity contribution in [1.82, 2.24) is 0 Å². The van der Waals surface area contributed by atoms with Crippen LogP contribution >= 0.6 is 0 Å². The van der Waals surface area contributed by atoms with E-state index < -0.39 is 0 Å². The molecule has 3 nitrogen and oxygen atoms in total. The highest BCUT2D eigenvalue weighted by molar-refractivity contribution is 5.94. The maximum atomic E-state index is 11.4. The van der Waals surface area contributed by atoms with Crippen molar-refractivity contribution >= 4 is 22.5 Å². The lowest BCUT2D eigenvalue weighted by Crippen LogP contribution is -1.97. The minimum absolute atomic E-state index is 0.104. The standard InChI is InChI=1S/C18H13NO2/c20-19(21)18(15-8-2-1-3-9-15)13-16-11-6-10-14-7-4-5-12-17(14)16/h1-13H/b18-13+. The Morgan fingerprint density at radius 1 is 0.857 bits per heavy atom. The number of nitrogens with zero attached hydrogens (tertiary/aromatic N) is 1. The third kappa shape index (κ3) is 2.67. The molecule has 0 saturated heterocycles. The predicted octanol–water partition coefficient (Wildman–Crippen LogP) is 4.61. The first-order chi connectivity index (χ1) is 10.3. The van der Waals surface area contributed by atoms with Gasteiger partial charge >= 0.3 is 0 Å². The molecule has 21 heavy (non-hydrogen) atoms. The van der Waals surface area contributed by atoms with Gasteiger partial charge in [0.1, 0.15) is 0 Å². The lowest BCUT2D eigenvalue weighted by molar-refractivity contribution is -0.374. The summed E-state index contributed by atoms with van der Waals surface area (Å²) in [5, 5.41) is 13.5. The molecular weight excluding hydrogens is 262 g/mol. The molecule has 0 heterocycles. The van der Waals surface area contributed by atoms with Gasteiger partial charge in [0.2, 0.25) is 0 Å². The second kappa shape index (κ2) is 5.59. The summed E-state index contributed by atoms with van der Waals surface area (Å²) < 4.78 is 0. The summed E-state index contributed by atoms with van der Waals surface area (Å²) in [5.74, 6) is 0. The van der Waals surface area contributed by atoms with Gasteiger partial charge in [-0.1, -0.05) is 60.7 Å². The van der Waals surface area contributed by atoms with Crippen LogP contribution in [0.3, 0.4) is 0 Å². The third-order valence-electron chi connectivity index (χ3n) is 3.38. The van der Waals surface area contributed by atoms with Gasteiger partial charge in [0.05, 0.1) is 10.5 Å². The highest BCUT2D eigenvalue weighted by atomic mass is 16.6. The van der Waals surface area contributed by atoms with Gasteiger partial charge in [-0.05, 0) is 28.5 Å². The van der Waals surface area contributed by atoms with Crippen molar-refractivity contribution in [3.8, 4) is 0 Å². The molecule has 102 valence electrons. The van der Waals surface area contributed by atoms with E-state index in [1.54, 1.807) is 30.3 Å². The third-order valence-corrected chi connectivity index (χ3v) is 3.38. The smallest absolute Gasteiger partial charge is 0.258 e. The number of hydrogen-bond donors (Lipinski definition) is 0. The van der Waals surface area contributed by atoms with E-state index in [2.05, 4.69) is 0 Å². The van der Waals surface area contributed by atoms with Crippen LogP contribution in [-0.4, -0.2) is 4.92 Å². The molecule has 3 aromatic carbocycles. The topological polar surface area (TPSA) is 43.1 Å². The first-order valence-electron chi connectivity index (χ1n) is 6.65. The SMILES string of the molecule is O=[N+]([O-])/C(=C/c1cccc2ccccc12)c1ccccc1. The van der Waals surface area contributed by atoms with Gasteiger partial charge in [-0.3, -0.25) is 10.1 Å². The summed E-state index contributed by atoms with van der Waals surface area (Å²) >= 11 is 0. The maximum Gasteiger partial charge on any atom is 0.277 e. The Labute approximate surface area is 122 Å². The molecular formula is C18H13NO2. The van der Waals surface area contributed by atoms with E-state index >= 15 is 0 Å². The summed E-state index contributed by atoms with van der Waals surface area (Å²) in [6.45, 7) is 0. The van der Waals surface area contributed by atoms with E-state index in [0.29, 0.717) is 5.56 Å². The molecule has 0 fully saturated rings. The molecule has 0 unspecified atom stereocenters. The zero-order valence-electron chi connectivity index (χ0n) is 11.3. The van der Waals surface area contributed by atoms with Crippen LogP contribution < -0.4 is 0 Å². The molecule has 0 spiro atoms. The monoisotopic (exact) mass is 275 g/mol. The van der Waals surface area contributed by atoms with Crippen molar-refractivity contribution in [2.24, 2.45) is 0 Å². The first-order valence-corrected chi connectivity index (χ1v) is 6.65.